The molecule has 0 atom stereocenters. The van der Waals surface area contributed by atoms with Gasteiger partial charge in [-0.2, -0.15) is 0 Å². The van der Waals surface area contributed by atoms with Crippen molar-refractivity contribution in [3.63, 3.8) is 0 Å². The monoisotopic (exact) mass is 516 g/mol. The van der Waals surface area contributed by atoms with Crippen molar-refractivity contribution in [3.05, 3.63) is 0 Å². The van der Waals surface area contributed by atoms with Crippen LogP contribution in [0, 0.1) is 0 Å². The van der Waals surface area contributed by atoms with Gasteiger partial charge >= 0.3 is 104 Å². The normalized spacial score (nSPS) is 18.0. The topological polar surface area (TPSA) is 0 Å². The molecule has 0 unspecified atom stereocenters. The van der Waals surface area contributed by atoms with Crippen molar-refractivity contribution in [1.82, 2.24) is 0 Å². The predicted octanol–water partition coefficient (Wildman–Crippen LogP) is 5.44. The second-order valence-electron chi connectivity index (χ2n) is 1.13. The SMILES string of the molecule is Cl[Se+](Cl)Cl.[Cl][Sb-]([Cl])([Cl])([Cl])([Cl])[Cl]. The summed E-state index contributed by atoms with van der Waals surface area (Å²) in [7, 11) is 39.8. The minimum absolute atomic E-state index is 1.62. The van der Waals surface area contributed by atoms with Gasteiger partial charge < -0.3 is 0 Å². The van der Waals surface area contributed by atoms with E-state index in [0.717, 1.165) is 0 Å². The summed E-state index contributed by atoms with van der Waals surface area (Å²) in [6.07, 6.45) is 0. The zero-order valence-electron chi connectivity index (χ0n) is 4.26. The first kappa shape index (κ1) is 17.3. The average Bonchev–Trinajstić information content (AvgIpc) is 1.11. The maximum atomic E-state index is 5.06. The molecule has 11 heteroatoms. The zero-order valence-corrected chi connectivity index (χ0v) is 15.3. The van der Waals surface area contributed by atoms with Crippen LogP contribution in [-0.4, -0.2) is 20.3 Å². The molecule has 0 aromatic heterocycles. The molecule has 0 amide bonds. The van der Waals surface area contributed by atoms with Gasteiger partial charge in [0.1, 0.15) is 0 Å². The molecular weight excluding hydrogens is 520 g/mol. The molecule has 0 spiro atoms. The fourth-order valence-corrected chi connectivity index (χ4v) is 0. The molecule has 0 aliphatic heterocycles. The van der Waals surface area contributed by atoms with E-state index in [9.17, 15) is 0 Å². The quantitative estimate of drug-likeness (QED) is 0.374. The van der Waals surface area contributed by atoms with Gasteiger partial charge in [-0.15, -0.1) is 0 Å². The molecule has 0 radical (unpaired) electrons. The Bertz CT molecular complexity index is 96.3. The first-order valence-corrected chi connectivity index (χ1v) is 27.6. The number of hydrogen-bond acceptors (Lipinski definition) is 0. The summed E-state index contributed by atoms with van der Waals surface area (Å²) in [5.41, 5.74) is 0. The molecule has 0 N–H and O–H groups in total. The van der Waals surface area contributed by atoms with E-state index in [2.05, 4.69) is 0 Å². The second-order valence-corrected chi connectivity index (χ2v) is 66.0. The van der Waals surface area contributed by atoms with E-state index < -0.39 is 20.3 Å². The van der Waals surface area contributed by atoms with Gasteiger partial charge in [-0.1, -0.05) is 0 Å². The molecule has 0 heterocycles. The fraction of sp³-hybridized carbons (Fsp3) is 0. The van der Waals surface area contributed by atoms with Gasteiger partial charge in [-0.3, -0.25) is 0 Å². The molecule has 0 saturated heterocycles. The van der Waals surface area contributed by atoms with Crippen LogP contribution >= 0.6 is 83.3 Å². The van der Waals surface area contributed by atoms with Crippen LogP contribution < -0.4 is 0 Å². The van der Waals surface area contributed by atoms with Gasteiger partial charge in [0.05, 0.1) is 0 Å². The van der Waals surface area contributed by atoms with Crippen molar-refractivity contribution in [2.45, 2.75) is 0 Å². The predicted molar refractivity (Wildman–Crippen MR) is 64.2 cm³/mol. The van der Waals surface area contributed by atoms with E-state index >= 15 is 0 Å². The summed E-state index contributed by atoms with van der Waals surface area (Å²) >= 11 is -1.62. The average molecular weight is 520 g/mol. The standard InChI is InChI=1S/Cl3Se.6ClH.Sb/c1-4(2)3;;;;;;;/h;6*1H;/q+1;;;;;;;+5/p-6. The van der Waals surface area contributed by atoms with Crippen LogP contribution in [0.2, 0.25) is 0 Å². The molecule has 0 aromatic rings. The number of rotatable bonds is 0. The Morgan fingerprint density at radius 1 is 0.636 bits per heavy atom. The van der Waals surface area contributed by atoms with Crippen molar-refractivity contribution >= 4 is 104 Å². The fourth-order valence-electron chi connectivity index (χ4n) is 0. The molecule has 0 aliphatic rings. The third-order valence-corrected chi connectivity index (χ3v) is 0. The summed E-state index contributed by atoms with van der Waals surface area (Å²) in [4.78, 5) is 0. The number of halogens is 9. The van der Waals surface area contributed by atoms with Crippen LogP contribution in [-0.2, 0) is 0 Å². The Balaban J connectivity index is 0. The van der Waals surface area contributed by atoms with Gasteiger partial charge in [0.2, 0.25) is 0 Å². The van der Waals surface area contributed by atoms with E-state index in [1.165, 1.54) is 0 Å². The Hall–Kier alpha value is 3.95. The van der Waals surface area contributed by atoms with E-state index in [0.29, 0.717) is 0 Å². The van der Waals surface area contributed by atoms with Crippen LogP contribution in [0.4, 0.5) is 0 Å². The van der Waals surface area contributed by atoms with Crippen molar-refractivity contribution in [2.24, 2.45) is 0 Å². The molecule has 0 rings (SSSR count). The van der Waals surface area contributed by atoms with E-state index in [1.807, 2.05) is 0 Å². The summed E-state index contributed by atoms with van der Waals surface area (Å²) in [6, 6.07) is 0. The summed E-state index contributed by atoms with van der Waals surface area (Å²) in [6.45, 7) is 0. The Kier molecular flexibility index (Phi) is 7.65. The first-order chi connectivity index (χ1) is 4.18. The van der Waals surface area contributed by atoms with Gasteiger partial charge in [-0.25, -0.2) is 0 Å². The third kappa shape index (κ3) is 128. The Labute approximate surface area is 101 Å². The summed E-state index contributed by atoms with van der Waals surface area (Å²) < 4.78 is 0. The van der Waals surface area contributed by atoms with Crippen molar-refractivity contribution in [3.8, 4) is 0 Å². The molecule has 0 bridgehead atoms. The molecule has 0 saturated carbocycles. The summed E-state index contributed by atoms with van der Waals surface area (Å²) in [5.74, 6) is 0. The minimum atomic E-state index is -5.42. The molecule has 0 nitrogen and oxygen atoms in total. The summed E-state index contributed by atoms with van der Waals surface area (Å²) in [5, 5.41) is 0. The van der Waals surface area contributed by atoms with Gasteiger partial charge in [0.25, 0.3) is 0 Å². The van der Waals surface area contributed by atoms with Crippen LogP contribution in [0.5, 0.6) is 0 Å². The molecule has 11 heavy (non-hydrogen) atoms. The third-order valence-electron chi connectivity index (χ3n) is 0. The van der Waals surface area contributed by atoms with Crippen molar-refractivity contribution in [1.29, 1.82) is 0 Å². The Morgan fingerprint density at radius 2 is 0.636 bits per heavy atom. The van der Waals surface area contributed by atoms with Gasteiger partial charge in [0.15, 0.2) is 0 Å². The van der Waals surface area contributed by atoms with E-state index in [1.54, 1.807) is 0 Å². The van der Waals surface area contributed by atoms with E-state index in [4.69, 9.17) is 83.3 Å². The van der Waals surface area contributed by atoms with Crippen molar-refractivity contribution < 1.29 is 0 Å². The molecule has 74 valence electrons. The zero-order chi connectivity index (χ0) is 9.99. The second kappa shape index (κ2) is 4.85. The first-order valence-electron chi connectivity index (χ1n) is 1.48. The Morgan fingerprint density at radius 3 is 0.636 bits per heavy atom. The molecule has 0 aromatic carbocycles. The van der Waals surface area contributed by atoms with Crippen LogP contribution in [0.1, 0.15) is 0 Å². The van der Waals surface area contributed by atoms with E-state index in [-0.39, 0.29) is 0 Å². The van der Waals surface area contributed by atoms with Gasteiger partial charge in [0, 0.05) is 0 Å². The molecule has 0 aliphatic carbocycles. The van der Waals surface area contributed by atoms with Crippen LogP contribution in [0.25, 0.3) is 0 Å². The van der Waals surface area contributed by atoms with Gasteiger partial charge in [-0.05, 0) is 0 Å². The molecule has 0 fully saturated rings. The van der Waals surface area contributed by atoms with Crippen LogP contribution in [0.3, 0.4) is 0 Å². The van der Waals surface area contributed by atoms with Crippen molar-refractivity contribution in [2.75, 3.05) is 0 Å². The maximum absolute atomic E-state index is 5.42. The molecular formula is Cl9SbSe. The number of hydrogen-bond donors (Lipinski definition) is 0. The van der Waals surface area contributed by atoms with Crippen LogP contribution in [0.15, 0.2) is 0 Å².